The van der Waals surface area contributed by atoms with E-state index >= 15 is 0 Å². The van der Waals surface area contributed by atoms with Crippen LogP contribution in [0.1, 0.15) is 33.7 Å². The Hall–Kier alpha value is -3.68. The van der Waals surface area contributed by atoms with Gasteiger partial charge >= 0.3 is 0 Å². The molecule has 2 aromatic carbocycles. The summed E-state index contributed by atoms with van der Waals surface area (Å²) in [5.74, 6) is -0.202. The third-order valence-corrected chi connectivity index (χ3v) is 6.32. The molecule has 0 N–H and O–H groups in total. The average Bonchev–Trinajstić information content (AvgIpc) is 3.57. The van der Waals surface area contributed by atoms with E-state index in [-0.39, 0.29) is 23.3 Å². The second kappa shape index (κ2) is 9.05. The molecular weight excluding hydrogens is 423 g/mol. The van der Waals surface area contributed by atoms with E-state index in [4.69, 9.17) is 4.42 Å². The Balaban J connectivity index is 1.35. The molecule has 0 atom stereocenters. The van der Waals surface area contributed by atoms with Crippen LogP contribution in [-0.4, -0.2) is 65.9 Å². The SMILES string of the molecule is O=C(c1ccccc1-c1ocnc1C(=O)N1CCCC1)N1CCN(c2ccc(F)cc2)CC1. The summed E-state index contributed by atoms with van der Waals surface area (Å²) in [5, 5.41) is 0. The molecule has 3 heterocycles. The number of anilines is 1. The van der Waals surface area contributed by atoms with E-state index in [1.165, 1.54) is 18.5 Å². The number of amides is 2. The number of carbonyl (C=O) groups is 2. The van der Waals surface area contributed by atoms with Crippen LogP contribution in [0.15, 0.2) is 59.3 Å². The Labute approximate surface area is 191 Å². The van der Waals surface area contributed by atoms with Crippen LogP contribution >= 0.6 is 0 Å². The fourth-order valence-electron chi connectivity index (χ4n) is 4.52. The summed E-state index contributed by atoms with van der Waals surface area (Å²) in [7, 11) is 0. The maximum Gasteiger partial charge on any atom is 0.276 e. The average molecular weight is 448 g/mol. The summed E-state index contributed by atoms with van der Waals surface area (Å²) < 4.78 is 18.8. The molecule has 2 saturated heterocycles. The molecule has 0 aliphatic carbocycles. The Kier molecular flexibility index (Phi) is 5.81. The number of nitrogens with zero attached hydrogens (tertiary/aromatic N) is 4. The van der Waals surface area contributed by atoms with E-state index in [0.717, 1.165) is 18.5 Å². The summed E-state index contributed by atoms with van der Waals surface area (Å²) in [4.78, 5) is 36.3. The molecule has 0 spiro atoms. The zero-order valence-electron chi connectivity index (χ0n) is 18.2. The van der Waals surface area contributed by atoms with Crippen LogP contribution < -0.4 is 4.90 Å². The van der Waals surface area contributed by atoms with Gasteiger partial charge < -0.3 is 19.1 Å². The lowest BCUT2D eigenvalue weighted by Crippen LogP contribution is -2.48. The number of likely N-dealkylation sites (tertiary alicyclic amines) is 1. The van der Waals surface area contributed by atoms with E-state index in [1.807, 2.05) is 12.1 Å². The van der Waals surface area contributed by atoms with Gasteiger partial charge in [-0.15, -0.1) is 0 Å². The zero-order valence-corrected chi connectivity index (χ0v) is 18.2. The Bertz CT molecular complexity index is 1150. The van der Waals surface area contributed by atoms with Gasteiger partial charge in [-0.2, -0.15) is 0 Å². The molecule has 33 heavy (non-hydrogen) atoms. The number of halogens is 1. The van der Waals surface area contributed by atoms with Gasteiger partial charge in [0.25, 0.3) is 11.8 Å². The fraction of sp³-hybridized carbons (Fsp3) is 0.320. The third-order valence-electron chi connectivity index (χ3n) is 6.32. The lowest BCUT2D eigenvalue weighted by Gasteiger charge is -2.36. The topological polar surface area (TPSA) is 69.9 Å². The first-order chi connectivity index (χ1) is 16.1. The Morgan fingerprint density at radius 2 is 1.48 bits per heavy atom. The van der Waals surface area contributed by atoms with Crippen LogP contribution in [0.4, 0.5) is 10.1 Å². The van der Waals surface area contributed by atoms with Crippen molar-refractivity contribution >= 4 is 17.5 Å². The van der Waals surface area contributed by atoms with E-state index in [0.29, 0.717) is 56.2 Å². The minimum absolute atomic E-state index is 0.111. The highest BCUT2D eigenvalue weighted by Gasteiger charge is 2.29. The molecule has 2 fully saturated rings. The van der Waals surface area contributed by atoms with Gasteiger partial charge in [0, 0.05) is 50.5 Å². The van der Waals surface area contributed by atoms with Crippen molar-refractivity contribution in [2.75, 3.05) is 44.2 Å². The Morgan fingerprint density at radius 1 is 0.818 bits per heavy atom. The van der Waals surface area contributed by atoms with E-state index in [1.54, 1.807) is 34.1 Å². The number of aromatic nitrogens is 1. The molecule has 0 saturated carbocycles. The molecule has 170 valence electrons. The fourth-order valence-corrected chi connectivity index (χ4v) is 4.52. The van der Waals surface area contributed by atoms with Gasteiger partial charge in [0.1, 0.15) is 5.82 Å². The van der Waals surface area contributed by atoms with Crippen molar-refractivity contribution in [1.29, 1.82) is 0 Å². The first-order valence-corrected chi connectivity index (χ1v) is 11.2. The maximum absolute atomic E-state index is 13.4. The second-order valence-electron chi connectivity index (χ2n) is 8.33. The van der Waals surface area contributed by atoms with Crippen molar-refractivity contribution < 1.29 is 18.4 Å². The predicted molar refractivity (Wildman–Crippen MR) is 122 cm³/mol. The summed E-state index contributed by atoms with van der Waals surface area (Å²) in [6.07, 6.45) is 3.23. The summed E-state index contributed by atoms with van der Waals surface area (Å²) >= 11 is 0. The van der Waals surface area contributed by atoms with Crippen molar-refractivity contribution in [3.8, 4) is 11.3 Å². The molecule has 2 aliphatic rings. The highest BCUT2D eigenvalue weighted by Crippen LogP contribution is 2.29. The van der Waals surface area contributed by atoms with Gasteiger partial charge in [0.15, 0.2) is 17.8 Å². The number of carbonyl (C=O) groups excluding carboxylic acids is 2. The molecule has 5 rings (SSSR count). The molecule has 2 amide bonds. The number of hydrogen-bond acceptors (Lipinski definition) is 5. The first-order valence-electron chi connectivity index (χ1n) is 11.2. The largest absolute Gasteiger partial charge is 0.443 e. The number of rotatable bonds is 4. The zero-order chi connectivity index (χ0) is 22.8. The monoisotopic (exact) mass is 448 g/mol. The molecule has 3 aromatic rings. The first kappa shape index (κ1) is 21.2. The Morgan fingerprint density at radius 3 is 2.21 bits per heavy atom. The molecular formula is C25H25FN4O3. The number of benzene rings is 2. The van der Waals surface area contributed by atoms with Crippen molar-refractivity contribution in [2.24, 2.45) is 0 Å². The standard InChI is InChI=1S/C25H25FN4O3/c26-18-7-9-19(10-8-18)28-13-15-30(16-14-28)24(31)21-6-2-1-5-20(21)23-22(27-17-33-23)25(32)29-11-3-4-12-29/h1-2,5-10,17H,3-4,11-16H2. The van der Waals surface area contributed by atoms with Gasteiger partial charge in [-0.05, 0) is 43.2 Å². The van der Waals surface area contributed by atoms with Crippen LogP contribution in [0.5, 0.6) is 0 Å². The highest BCUT2D eigenvalue weighted by atomic mass is 19.1. The molecule has 8 heteroatoms. The minimum Gasteiger partial charge on any atom is -0.443 e. The van der Waals surface area contributed by atoms with Crippen LogP contribution in [0.25, 0.3) is 11.3 Å². The number of hydrogen-bond donors (Lipinski definition) is 0. The van der Waals surface area contributed by atoms with Crippen LogP contribution in [0.2, 0.25) is 0 Å². The molecule has 0 radical (unpaired) electrons. The lowest BCUT2D eigenvalue weighted by atomic mass is 10.0. The van der Waals surface area contributed by atoms with Crippen molar-refractivity contribution in [1.82, 2.24) is 14.8 Å². The van der Waals surface area contributed by atoms with Gasteiger partial charge in [-0.1, -0.05) is 18.2 Å². The van der Waals surface area contributed by atoms with Gasteiger partial charge in [0.05, 0.1) is 5.56 Å². The third kappa shape index (κ3) is 4.20. The molecule has 7 nitrogen and oxygen atoms in total. The summed E-state index contributed by atoms with van der Waals surface area (Å²) in [6, 6.07) is 13.6. The predicted octanol–water partition coefficient (Wildman–Crippen LogP) is 3.68. The van der Waals surface area contributed by atoms with Crippen molar-refractivity contribution in [3.05, 3.63) is 72.0 Å². The summed E-state index contributed by atoms with van der Waals surface area (Å²) in [6.45, 7) is 3.82. The molecule has 0 unspecified atom stereocenters. The molecule has 1 aromatic heterocycles. The maximum atomic E-state index is 13.4. The summed E-state index contributed by atoms with van der Waals surface area (Å²) in [5.41, 5.74) is 2.25. The van der Waals surface area contributed by atoms with Crippen molar-refractivity contribution in [2.45, 2.75) is 12.8 Å². The van der Waals surface area contributed by atoms with E-state index in [2.05, 4.69) is 9.88 Å². The molecule has 0 bridgehead atoms. The van der Waals surface area contributed by atoms with Crippen LogP contribution in [0.3, 0.4) is 0 Å². The number of piperazine rings is 1. The smallest absolute Gasteiger partial charge is 0.276 e. The highest BCUT2D eigenvalue weighted by molar-refractivity contribution is 6.04. The molecule has 2 aliphatic heterocycles. The van der Waals surface area contributed by atoms with Gasteiger partial charge in [-0.3, -0.25) is 9.59 Å². The van der Waals surface area contributed by atoms with E-state index < -0.39 is 0 Å². The normalized spacial score (nSPS) is 16.3. The van der Waals surface area contributed by atoms with Crippen molar-refractivity contribution in [3.63, 3.8) is 0 Å². The van der Waals surface area contributed by atoms with Crippen LogP contribution in [0, 0.1) is 5.82 Å². The number of oxazole rings is 1. The van der Waals surface area contributed by atoms with Crippen LogP contribution in [-0.2, 0) is 0 Å². The van der Waals surface area contributed by atoms with Gasteiger partial charge in [-0.25, -0.2) is 9.37 Å². The lowest BCUT2D eigenvalue weighted by molar-refractivity contribution is 0.0745. The quantitative estimate of drug-likeness (QED) is 0.609. The minimum atomic E-state index is -0.265. The van der Waals surface area contributed by atoms with Gasteiger partial charge in [0.2, 0.25) is 0 Å². The van der Waals surface area contributed by atoms with E-state index in [9.17, 15) is 14.0 Å². The second-order valence-corrected chi connectivity index (χ2v) is 8.33.